The van der Waals surface area contributed by atoms with E-state index in [0.717, 1.165) is 18.9 Å². The van der Waals surface area contributed by atoms with Crippen LogP contribution in [0.4, 0.5) is 5.69 Å². The third-order valence-electron chi connectivity index (χ3n) is 3.10. The molecule has 0 bridgehead atoms. The lowest BCUT2D eigenvalue weighted by atomic mass is 10.0. The molecule has 1 aromatic heterocycles. The van der Waals surface area contributed by atoms with Gasteiger partial charge in [-0.1, -0.05) is 18.2 Å². The Labute approximate surface area is 95.1 Å². The van der Waals surface area contributed by atoms with Crippen molar-refractivity contribution in [2.24, 2.45) is 0 Å². The summed E-state index contributed by atoms with van der Waals surface area (Å²) in [5, 5.41) is 0. The van der Waals surface area contributed by atoms with E-state index in [0.29, 0.717) is 0 Å². The molecule has 0 radical (unpaired) electrons. The number of para-hydroxylation sites is 1. The predicted molar refractivity (Wildman–Crippen MR) is 64.4 cm³/mol. The van der Waals surface area contributed by atoms with Crippen LogP contribution < -0.4 is 4.90 Å². The van der Waals surface area contributed by atoms with Gasteiger partial charge in [-0.3, -0.25) is 0 Å². The van der Waals surface area contributed by atoms with Crippen LogP contribution in [0.15, 0.2) is 36.7 Å². The maximum atomic E-state index is 4.29. The van der Waals surface area contributed by atoms with Crippen LogP contribution in [0.25, 0.3) is 0 Å². The van der Waals surface area contributed by atoms with Gasteiger partial charge in [-0.25, -0.2) is 4.98 Å². The van der Waals surface area contributed by atoms with Crippen molar-refractivity contribution in [2.45, 2.75) is 19.4 Å². The lowest BCUT2D eigenvalue weighted by Crippen LogP contribution is -2.29. The molecule has 82 valence electrons. The summed E-state index contributed by atoms with van der Waals surface area (Å²) in [5.74, 6) is 1.04. The molecule has 1 N–H and O–H groups in total. The number of aryl methyl sites for hydroxylation is 1. The van der Waals surface area contributed by atoms with Crippen molar-refractivity contribution in [1.82, 2.24) is 9.97 Å². The number of fused-ring (bicyclic) bond motifs is 1. The molecule has 2 heterocycles. The van der Waals surface area contributed by atoms with Gasteiger partial charge in [0.05, 0.1) is 6.54 Å². The van der Waals surface area contributed by atoms with Crippen LogP contribution >= 0.6 is 0 Å². The number of H-pyrrole nitrogens is 1. The van der Waals surface area contributed by atoms with Gasteiger partial charge in [0.15, 0.2) is 0 Å². The highest BCUT2D eigenvalue weighted by molar-refractivity contribution is 5.55. The molecule has 1 aliphatic rings. The van der Waals surface area contributed by atoms with Gasteiger partial charge in [0.2, 0.25) is 0 Å². The first-order chi connectivity index (χ1) is 7.93. The number of nitrogens with zero attached hydrogens (tertiary/aromatic N) is 2. The van der Waals surface area contributed by atoms with Gasteiger partial charge >= 0.3 is 0 Å². The lowest BCUT2D eigenvalue weighted by molar-refractivity contribution is 0.678. The lowest BCUT2D eigenvalue weighted by Gasteiger charge is -2.30. The van der Waals surface area contributed by atoms with E-state index in [4.69, 9.17) is 0 Å². The Balaban J connectivity index is 1.87. The summed E-state index contributed by atoms with van der Waals surface area (Å²) in [5.41, 5.74) is 2.82. The van der Waals surface area contributed by atoms with Crippen molar-refractivity contribution in [3.8, 4) is 0 Å². The fourth-order valence-corrected chi connectivity index (χ4v) is 2.34. The molecule has 0 saturated carbocycles. The van der Waals surface area contributed by atoms with Gasteiger partial charge in [0.25, 0.3) is 0 Å². The Hall–Kier alpha value is -1.77. The van der Waals surface area contributed by atoms with E-state index in [1.54, 1.807) is 0 Å². The average molecular weight is 213 g/mol. The zero-order chi connectivity index (χ0) is 10.8. The van der Waals surface area contributed by atoms with Crippen molar-refractivity contribution in [2.75, 3.05) is 11.4 Å². The summed E-state index contributed by atoms with van der Waals surface area (Å²) in [7, 11) is 0. The van der Waals surface area contributed by atoms with Crippen LogP contribution in [0, 0.1) is 0 Å². The van der Waals surface area contributed by atoms with E-state index in [1.165, 1.54) is 24.1 Å². The maximum absolute atomic E-state index is 4.29. The van der Waals surface area contributed by atoms with Gasteiger partial charge in [0.1, 0.15) is 5.82 Å². The van der Waals surface area contributed by atoms with Crippen molar-refractivity contribution < 1.29 is 0 Å². The number of rotatable bonds is 2. The summed E-state index contributed by atoms with van der Waals surface area (Å²) >= 11 is 0. The fraction of sp³-hybridized carbons (Fsp3) is 0.308. The summed E-state index contributed by atoms with van der Waals surface area (Å²) < 4.78 is 0. The van der Waals surface area contributed by atoms with Crippen molar-refractivity contribution in [1.29, 1.82) is 0 Å². The third-order valence-corrected chi connectivity index (χ3v) is 3.10. The Morgan fingerprint density at radius 1 is 1.31 bits per heavy atom. The summed E-state index contributed by atoms with van der Waals surface area (Å²) in [6.07, 6.45) is 6.12. The number of aromatic amines is 1. The average Bonchev–Trinajstić information content (AvgIpc) is 2.82. The maximum Gasteiger partial charge on any atom is 0.125 e. The summed E-state index contributed by atoms with van der Waals surface area (Å²) in [4.78, 5) is 9.85. The first-order valence-corrected chi connectivity index (χ1v) is 5.74. The number of hydrogen-bond acceptors (Lipinski definition) is 2. The smallest absolute Gasteiger partial charge is 0.125 e. The van der Waals surface area contributed by atoms with E-state index < -0.39 is 0 Å². The Kier molecular flexibility index (Phi) is 2.37. The molecule has 3 heteroatoms. The van der Waals surface area contributed by atoms with Gasteiger partial charge < -0.3 is 9.88 Å². The number of aromatic nitrogens is 2. The van der Waals surface area contributed by atoms with Gasteiger partial charge in [-0.05, 0) is 24.5 Å². The number of imidazole rings is 1. The van der Waals surface area contributed by atoms with Crippen molar-refractivity contribution in [3.05, 3.63) is 48.0 Å². The summed E-state index contributed by atoms with van der Waals surface area (Å²) in [6.45, 7) is 2.00. The zero-order valence-corrected chi connectivity index (χ0v) is 9.19. The molecule has 0 aliphatic carbocycles. The summed E-state index contributed by atoms with van der Waals surface area (Å²) in [6, 6.07) is 8.66. The SMILES string of the molecule is c1ccc2c(c1)CCCN2Cc1ncc[nH]1. The molecule has 1 aromatic carbocycles. The Bertz CT molecular complexity index is 462. The van der Waals surface area contributed by atoms with Crippen LogP contribution in [0.2, 0.25) is 0 Å². The first kappa shape index (κ1) is 9.46. The molecule has 2 aromatic rings. The largest absolute Gasteiger partial charge is 0.364 e. The monoisotopic (exact) mass is 213 g/mol. The molecule has 0 saturated heterocycles. The van der Waals surface area contributed by atoms with Crippen molar-refractivity contribution in [3.63, 3.8) is 0 Å². The highest BCUT2D eigenvalue weighted by Crippen LogP contribution is 2.27. The fourth-order valence-electron chi connectivity index (χ4n) is 2.34. The molecule has 0 unspecified atom stereocenters. The minimum Gasteiger partial charge on any atom is -0.364 e. The van der Waals surface area contributed by atoms with Crippen LogP contribution in [0.3, 0.4) is 0 Å². The van der Waals surface area contributed by atoms with Crippen LogP contribution in [-0.4, -0.2) is 16.5 Å². The second-order valence-corrected chi connectivity index (χ2v) is 4.19. The topological polar surface area (TPSA) is 31.9 Å². The molecule has 0 amide bonds. The van der Waals surface area contributed by atoms with Crippen LogP contribution in [0.5, 0.6) is 0 Å². The molecule has 0 fully saturated rings. The van der Waals surface area contributed by atoms with Gasteiger partial charge in [-0.2, -0.15) is 0 Å². The predicted octanol–water partition coefficient (Wildman–Crippen LogP) is 2.36. The number of benzene rings is 1. The number of anilines is 1. The molecule has 0 spiro atoms. The van der Waals surface area contributed by atoms with Crippen molar-refractivity contribution >= 4 is 5.69 Å². The first-order valence-electron chi connectivity index (χ1n) is 5.74. The van der Waals surface area contributed by atoms with E-state index in [1.807, 2.05) is 12.4 Å². The zero-order valence-electron chi connectivity index (χ0n) is 9.19. The molecule has 3 nitrogen and oxygen atoms in total. The molecular formula is C13H15N3. The van der Waals surface area contributed by atoms with Gasteiger partial charge in [-0.15, -0.1) is 0 Å². The van der Waals surface area contributed by atoms with E-state index in [9.17, 15) is 0 Å². The molecule has 16 heavy (non-hydrogen) atoms. The highest BCUT2D eigenvalue weighted by atomic mass is 15.2. The normalized spacial score (nSPS) is 14.9. The molecular weight excluding hydrogens is 198 g/mol. The van der Waals surface area contributed by atoms with E-state index in [-0.39, 0.29) is 0 Å². The number of hydrogen-bond donors (Lipinski definition) is 1. The minimum absolute atomic E-state index is 0.879. The molecule has 0 atom stereocenters. The van der Waals surface area contributed by atoms with Gasteiger partial charge in [0, 0.05) is 24.6 Å². The van der Waals surface area contributed by atoms with E-state index >= 15 is 0 Å². The molecule has 3 rings (SSSR count). The quantitative estimate of drug-likeness (QED) is 0.830. The Morgan fingerprint density at radius 3 is 3.12 bits per heavy atom. The highest BCUT2D eigenvalue weighted by Gasteiger charge is 2.16. The second kappa shape index (κ2) is 4.00. The Morgan fingerprint density at radius 2 is 2.25 bits per heavy atom. The van der Waals surface area contributed by atoms with Crippen LogP contribution in [0.1, 0.15) is 17.8 Å². The van der Waals surface area contributed by atoms with Crippen LogP contribution in [-0.2, 0) is 13.0 Å². The third kappa shape index (κ3) is 1.69. The van der Waals surface area contributed by atoms with E-state index in [2.05, 4.69) is 39.1 Å². The molecule has 1 aliphatic heterocycles. The second-order valence-electron chi connectivity index (χ2n) is 4.19. The standard InChI is InChI=1S/C13H15N3/c1-2-6-12-11(4-1)5-3-9-16(12)10-13-14-7-8-15-13/h1-2,4,6-8H,3,5,9-10H2,(H,14,15). The minimum atomic E-state index is 0.879. The number of nitrogens with one attached hydrogen (secondary N) is 1.